The number of pyridine rings is 1. The molecule has 3 fully saturated rings. The molecule has 2 aromatic carbocycles. The highest BCUT2D eigenvalue weighted by atomic mass is 19.1. The van der Waals surface area contributed by atoms with Crippen molar-refractivity contribution in [2.45, 2.75) is 58.4 Å². The quantitative estimate of drug-likeness (QED) is 0.272. The highest BCUT2D eigenvalue weighted by Gasteiger charge is 2.48. The summed E-state index contributed by atoms with van der Waals surface area (Å²) in [5.41, 5.74) is 0.379. The van der Waals surface area contributed by atoms with Crippen molar-refractivity contribution in [3.05, 3.63) is 47.7 Å². The number of hydrogen-bond acceptors (Lipinski definition) is 8. The topological polar surface area (TPSA) is 94.8 Å². The Bertz CT molecular complexity index is 1770. The van der Waals surface area contributed by atoms with Gasteiger partial charge in [-0.15, -0.1) is 0 Å². The number of halogens is 2. The van der Waals surface area contributed by atoms with Crippen LogP contribution in [0.3, 0.4) is 0 Å². The molecule has 1 unspecified atom stereocenters. The third-order valence-corrected chi connectivity index (χ3v) is 10.1. The number of aromatic hydroxyl groups is 1. The van der Waals surface area contributed by atoms with Crippen LogP contribution in [-0.2, 0) is 6.42 Å². The fourth-order valence-corrected chi connectivity index (χ4v) is 7.90. The molecule has 4 aromatic rings. The molecule has 0 amide bonds. The molecule has 3 aliphatic heterocycles. The molecule has 3 atom stereocenters. The van der Waals surface area contributed by atoms with Crippen LogP contribution in [0.1, 0.15) is 52.0 Å². The third-order valence-electron chi connectivity index (χ3n) is 10.1. The van der Waals surface area contributed by atoms with E-state index in [9.17, 15) is 14.6 Å². The first-order valence-corrected chi connectivity index (χ1v) is 15.7. The van der Waals surface area contributed by atoms with Gasteiger partial charge in [0.25, 0.3) is 0 Å². The number of nitrogens with zero attached hydrogens (tertiary/aromatic N) is 5. The Morgan fingerprint density at radius 2 is 1.98 bits per heavy atom. The van der Waals surface area contributed by atoms with Crippen molar-refractivity contribution in [2.24, 2.45) is 11.3 Å². The first-order chi connectivity index (χ1) is 21.1. The van der Waals surface area contributed by atoms with Gasteiger partial charge in [-0.3, -0.25) is 9.88 Å². The Morgan fingerprint density at radius 1 is 1.14 bits per heavy atom. The minimum Gasteiger partial charge on any atom is -0.508 e. The highest BCUT2D eigenvalue weighted by Crippen LogP contribution is 2.43. The SMILES string of the molecule is CCc1c(F)ccc2cc(O)cc(-c3ncc4c(N5CCC(C)(CO)C5)nc(OC[C@@]56CCCN5C[C@H](C)C6)nc4c3F)c12. The molecule has 2 N–H and O–H groups in total. The number of benzene rings is 2. The fraction of sp³-hybridized carbons (Fsp3) is 0.500. The van der Waals surface area contributed by atoms with Gasteiger partial charge in [-0.2, -0.15) is 9.97 Å². The summed E-state index contributed by atoms with van der Waals surface area (Å²) in [6.07, 6.45) is 5.90. The molecule has 2 aromatic heterocycles. The second-order valence-electron chi connectivity index (χ2n) is 13.5. The van der Waals surface area contributed by atoms with E-state index in [-0.39, 0.29) is 40.5 Å². The predicted octanol–water partition coefficient (Wildman–Crippen LogP) is 5.85. The number of hydrogen-bond donors (Lipinski definition) is 2. The van der Waals surface area contributed by atoms with Gasteiger partial charge in [-0.25, -0.2) is 8.78 Å². The van der Waals surface area contributed by atoms with Gasteiger partial charge in [-0.05, 0) is 79.1 Å². The maximum Gasteiger partial charge on any atom is 0.319 e. The molecule has 0 bridgehead atoms. The molecule has 3 saturated heterocycles. The number of phenols is 1. The van der Waals surface area contributed by atoms with Crippen molar-refractivity contribution < 1.29 is 23.7 Å². The van der Waals surface area contributed by atoms with E-state index in [1.807, 2.05) is 18.7 Å². The first kappa shape index (κ1) is 29.1. The number of fused-ring (bicyclic) bond motifs is 3. The third kappa shape index (κ3) is 4.74. The molecule has 7 rings (SSSR count). The summed E-state index contributed by atoms with van der Waals surface area (Å²) in [6.45, 7) is 9.86. The number of aliphatic hydroxyl groups is 1. The maximum atomic E-state index is 16.8. The van der Waals surface area contributed by atoms with Crippen molar-refractivity contribution in [2.75, 3.05) is 44.3 Å². The monoisotopic (exact) mass is 603 g/mol. The molecule has 10 heteroatoms. The van der Waals surface area contributed by atoms with Crippen molar-refractivity contribution in [1.82, 2.24) is 19.9 Å². The zero-order valence-electron chi connectivity index (χ0n) is 25.5. The molecule has 5 heterocycles. The summed E-state index contributed by atoms with van der Waals surface area (Å²) in [4.78, 5) is 18.5. The normalized spacial score (nSPS) is 25.4. The van der Waals surface area contributed by atoms with Crippen molar-refractivity contribution in [1.29, 1.82) is 0 Å². The van der Waals surface area contributed by atoms with Gasteiger partial charge in [0, 0.05) is 36.8 Å². The minimum absolute atomic E-state index is 0.0268. The van der Waals surface area contributed by atoms with Gasteiger partial charge in [-0.1, -0.05) is 26.8 Å². The van der Waals surface area contributed by atoms with Crippen LogP contribution in [0.4, 0.5) is 14.6 Å². The lowest BCUT2D eigenvalue weighted by atomic mass is 9.91. The lowest BCUT2D eigenvalue weighted by Gasteiger charge is -2.31. The summed E-state index contributed by atoms with van der Waals surface area (Å²) in [5, 5.41) is 22.1. The van der Waals surface area contributed by atoms with Gasteiger partial charge in [0.15, 0.2) is 5.82 Å². The average Bonchev–Trinajstić information content (AvgIpc) is 3.68. The van der Waals surface area contributed by atoms with Crippen LogP contribution < -0.4 is 9.64 Å². The van der Waals surface area contributed by atoms with Gasteiger partial charge >= 0.3 is 6.01 Å². The van der Waals surface area contributed by atoms with E-state index in [4.69, 9.17) is 9.72 Å². The van der Waals surface area contributed by atoms with Crippen LogP contribution >= 0.6 is 0 Å². The zero-order chi connectivity index (χ0) is 30.8. The van der Waals surface area contributed by atoms with Crippen LogP contribution in [0.15, 0.2) is 30.5 Å². The Hall–Kier alpha value is -3.63. The molecule has 44 heavy (non-hydrogen) atoms. The van der Waals surface area contributed by atoms with E-state index >= 15 is 4.39 Å². The molecular weight excluding hydrogens is 564 g/mol. The molecule has 0 spiro atoms. The zero-order valence-corrected chi connectivity index (χ0v) is 25.5. The highest BCUT2D eigenvalue weighted by molar-refractivity contribution is 6.01. The van der Waals surface area contributed by atoms with Crippen molar-refractivity contribution in [3.63, 3.8) is 0 Å². The van der Waals surface area contributed by atoms with Gasteiger partial charge < -0.3 is 19.8 Å². The van der Waals surface area contributed by atoms with Crippen LogP contribution in [0.25, 0.3) is 32.9 Å². The number of aliphatic hydroxyl groups excluding tert-OH is 1. The number of rotatable bonds is 7. The van der Waals surface area contributed by atoms with Gasteiger partial charge in [0.05, 0.1) is 17.5 Å². The largest absolute Gasteiger partial charge is 0.508 e. The maximum absolute atomic E-state index is 16.8. The van der Waals surface area contributed by atoms with Crippen LogP contribution in [0.2, 0.25) is 0 Å². The number of phenolic OH excluding ortho intramolecular Hbond substituents is 1. The summed E-state index contributed by atoms with van der Waals surface area (Å²) < 4.78 is 38.1. The van der Waals surface area contributed by atoms with Gasteiger partial charge in [0.1, 0.15) is 35.2 Å². The minimum atomic E-state index is -0.687. The molecule has 3 aliphatic rings. The molecule has 0 aliphatic carbocycles. The first-order valence-electron chi connectivity index (χ1n) is 15.7. The molecule has 0 saturated carbocycles. The Labute approximate surface area is 255 Å². The Kier molecular flexibility index (Phi) is 7.12. The average molecular weight is 604 g/mol. The van der Waals surface area contributed by atoms with E-state index in [0.29, 0.717) is 65.1 Å². The van der Waals surface area contributed by atoms with Crippen LogP contribution in [-0.4, -0.2) is 75.0 Å². The van der Waals surface area contributed by atoms with E-state index in [2.05, 4.69) is 21.8 Å². The summed E-state index contributed by atoms with van der Waals surface area (Å²) in [6, 6.07) is 6.02. The van der Waals surface area contributed by atoms with Crippen LogP contribution in [0, 0.1) is 23.0 Å². The number of anilines is 1. The lowest BCUT2D eigenvalue weighted by molar-refractivity contribution is 0.107. The van der Waals surface area contributed by atoms with Crippen LogP contribution in [0.5, 0.6) is 11.8 Å². The Balaban J connectivity index is 1.37. The number of aryl methyl sites for hydroxylation is 1. The van der Waals surface area contributed by atoms with E-state index in [1.54, 1.807) is 18.3 Å². The molecule has 0 radical (unpaired) electrons. The summed E-state index contributed by atoms with van der Waals surface area (Å²) in [7, 11) is 0. The molecule has 232 valence electrons. The van der Waals surface area contributed by atoms with Gasteiger partial charge in [0.2, 0.25) is 0 Å². The second kappa shape index (κ2) is 10.8. The van der Waals surface area contributed by atoms with E-state index in [0.717, 1.165) is 38.8 Å². The lowest BCUT2D eigenvalue weighted by Crippen LogP contribution is -2.43. The van der Waals surface area contributed by atoms with E-state index in [1.165, 1.54) is 12.1 Å². The fourth-order valence-electron chi connectivity index (χ4n) is 7.90. The Morgan fingerprint density at radius 3 is 2.75 bits per heavy atom. The van der Waals surface area contributed by atoms with Crippen molar-refractivity contribution >= 4 is 27.5 Å². The number of aromatic nitrogens is 3. The summed E-state index contributed by atoms with van der Waals surface area (Å²) >= 11 is 0. The second-order valence-corrected chi connectivity index (χ2v) is 13.5. The van der Waals surface area contributed by atoms with E-state index < -0.39 is 11.6 Å². The van der Waals surface area contributed by atoms with Crippen molar-refractivity contribution in [3.8, 4) is 23.0 Å². The standard InChI is InChI=1S/C34H39F2N5O3/c1-4-23-26(35)7-6-21-12-22(43)13-24(27(21)23)29-28(36)30-25(15-37-29)31(40-11-9-33(3,17-40)18-42)39-32(38-30)44-19-34-8-5-10-41(34)16-20(2)14-34/h6-7,12-13,15,20,42-43H,4-5,8-11,14,16-19H2,1-3H3/t20-,33?,34+/m1/s1. The predicted molar refractivity (Wildman–Crippen MR) is 166 cm³/mol. The molecule has 8 nitrogen and oxygen atoms in total. The summed E-state index contributed by atoms with van der Waals surface area (Å²) in [5.74, 6) is -0.0543. The molecular formula is C34H39F2N5O3. The smallest absolute Gasteiger partial charge is 0.319 e. The number of ether oxygens (including phenoxy) is 1.